The molecule has 1 atom stereocenters. The predicted octanol–water partition coefficient (Wildman–Crippen LogP) is 2.86. The summed E-state index contributed by atoms with van der Waals surface area (Å²) < 4.78 is 40.9. The van der Waals surface area contributed by atoms with Crippen LogP contribution in [0, 0.1) is 0 Å². The molecule has 1 aromatic rings. The molecule has 2 fully saturated rings. The van der Waals surface area contributed by atoms with E-state index in [2.05, 4.69) is 10.2 Å². The monoisotopic (exact) mass is 306 g/mol. The summed E-state index contributed by atoms with van der Waals surface area (Å²) in [6, 6.07) is 0.301. The highest BCUT2D eigenvalue weighted by molar-refractivity contribution is 7.99. The maximum absolute atomic E-state index is 13.0. The zero-order valence-electron chi connectivity index (χ0n) is 10.9. The Morgan fingerprint density at radius 2 is 1.95 bits per heavy atom. The minimum Gasteiger partial charge on any atom is -0.330 e. The Hall–Kier alpha value is -0.760. The van der Waals surface area contributed by atoms with Crippen LogP contribution in [0.15, 0.2) is 5.16 Å². The Balaban J connectivity index is 1.82. The summed E-state index contributed by atoms with van der Waals surface area (Å²) in [5, 5.41) is 7.05. The van der Waals surface area contributed by atoms with E-state index in [4.69, 9.17) is 5.73 Å². The molecule has 1 aromatic heterocycles. The fourth-order valence-corrected chi connectivity index (χ4v) is 3.32. The first-order chi connectivity index (χ1) is 9.50. The van der Waals surface area contributed by atoms with Crippen LogP contribution < -0.4 is 5.73 Å². The van der Waals surface area contributed by atoms with Crippen LogP contribution in [-0.4, -0.2) is 32.7 Å². The van der Waals surface area contributed by atoms with E-state index >= 15 is 0 Å². The fraction of sp³-hybridized carbons (Fsp3) is 0.833. The second-order valence-electron chi connectivity index (χ2n) is 5.44. The Labute approximate surface area is 119 Å². The molecule has 0 bridgehead atoms. The van der Waals surface area contributed by atoms with Gasteiger partial charge in [-0.15, -0.1) is 10.2 Å². The van der Waals surface area contributed by atoms with Crippen LogP contribution in [0.2, 0.25) is 0 Å². The maximum atomic E-state index is 13.0. The average Bonchev–Trinajstić information content (AvgIpc) is 3.27. The van der Waals surface area contributed by atoms with Gasteiger partial charge in [-0.1, -0.05) is 11.8 Å². The molecule has 8 heteroatoms. The number of nitrogens with two attached hydrogens (primary N) is 1. The second-order valence-corrected chi connectivity index (χ2v) is 6.61. The predicted molar refractivity (Wildman–Crippen MR) is 69.6 cm³/mol. The van der Waals surface area contributed by atoms with Gasteiger partial charge in [0.05, 0.1) is 0 Å². The van der Waals surface area contributed by atoms with E-state index in [0.717, 1.165) is 43.3 Å². The summed E-state index contributed by atoms with van der Waals surface area (Å²) in [5.41, 5.74) is 5.30. The molecular weight excluding hydrogens is 289 g/mol. The van der Waals surface area contributed by atoms with Crippen LogP contribution in [0.5, 0.6) is 0 Å². The highest BCUT2D eigenvalue weighted by Crippen LogP contribution is 2.47. The molecular formula is C12H17F3N4S. The molecule has 0 saturated heterocycles. The number of nitrogens with zero attached hydrogens (tertiary/aromatic N) is 3. The third-order valence-electron chi connectivity index (χ3n) is 3.59. The quantitative estimate of drug-likeness (QED) is 0.821. The number of rotatable bonds is 6. The third-order valence-corrected chi connectivity index (χ3v) is 4.86. The van der Waals surface area contributed by atoms with Gasteiger partial charge in [0.25, 0.3) is 0 Å². The molecule has 3 rings (SSSR count). The normalized spacial score (nSPS) is 21.2. The molecule has 0 amide bonds. The summed E-state index contributed by atoms with van der Waals surface area (Å²) in [6.07, 6.45) is -0.186. The van der Waals surface area contributed by atoms with Crippen molar-refractivity contribution in [2.24, 2.45) is 5.73 Å². The van der Waals surface area contributed by atoms with Gasteiger partial charge in [-0.2, -0.15) is 13.2 Å². The first kappa shape index (κ1) is 14.2. The summed E-state index contributed by atoms with van der Waals surface area (Å²) in [6.45, 7) is 0.0181. The average molecular weight is 306 g/mol. The van der Waals surface area contributed by atoms with Gasteiger partial charge in [-0.25, -0.2) is 0 Å². The Kier molecular flexibility index (Phi) is 3.70. The molecule has 0 aliphatic heterocycles. The molecule has 0 aromatic carbocycles. The van der Waals surface area contributed by atoms with E-state index in [1.165, 1.54) is 0 Å². The van der Waals surface area contributed by atoms with Crippen molar-refractivity contribution in [1.29, 1.82) is 0 Å². The van der Waals surface area contributed by atoms with Gasteiger partial charge in [0.1, 0.15) is 11.1 Å². The highest BCUT2D eigenvalue weighted by Gasteiger charge is 2.43. The van der Waals surface area contributed by atoms with Crippen LogP contribution >= 0.6 is 11.8 Å². The van der Waals surface area contributed by atoms with Crippen molar-refractivity contribution in [3.8, 4) is 0 Å². The van der Waals surface area contributed by atoms with Gasteiger partial charge in [-0.05, 0) is 38.6 Å². The molecule has 1 unspecified atom stereocenters. The highest BCUT2D eigenvalue weighted by atomic mass is 32.2. The van der Waals surface area contributed by atoms with Crippen molar-refractivity contribution in [3.63, 3.8) is 0 Å². The molecule has 4 nitrogen and oxygen atoms in total. The lowest BCUT2D eigenvalue weighted by Gasteiger charge is -2.19. The standard InChI is InChI=1S/C12H17F3N4S/c13-12(14,15)9(5-6-16)20-11-18-17-10(7-1-2-7)19(11)8-3-4-8/h7-9H,1-6,16H2. The first-order valence-corrected chi connectivity index (χ1v) is 7.77. The van der Waals surface area contributed by atoms with Crippen molar-refractivity contribution in [2.45, 2.75) is 60.6 Å². The lowest BCUT2D eigenvalue weighted by Crippen LogP contribution is -2.28. The van der Waals surface area contributed by atoms with Gasteiger partial charge in [0, 0.05) is 12.0 Å². The van der Waals surface area contributed by atoms with Gasteiger partial charge in [-0.3, -0.25) is 0 Å². The van der Waals surface area contributed by atoms with Crippen LogP contribution in [0.4, 0.5) is 13.2 Å². The molecule has 0 spiro atoms. The zero-order valence-corrected chi connectivity index (χ0v) is 11.8. The van der Waals surface area contributed by atoms with Crippen molar-refractivity contribution in [2.75, 3.05) is 6.54 Å². The van der Waals surface area contributed by atoms with E-state index in [9.17, 15) is 13.2 Å². The van der Waals surface area contributed by atoms with Gasteiger partial charge >= 0.3 is 6.18 Å². The van der Waals surface area contributed by atoms with Crippen LogP contribution in [0.25, 0.3) is 0 Å². The van der Waals surface area contributed by atoms with Gasteiger partial charge < -0.3 is 10.3 Å². The number of hydrogen-bond acceptors (Lipinski definition) is 4. The minimum atomic E-state index is -4.26. The Morgan fingerprint density at radius 3 is 2.45 bits per heavy atom. The van der Waals surface area contributed by atoms with Crippen LogP contribution in [0.1, 0.15) is 49.9 Å². The Bertz CT molecular complexity index is 480. The molecule has 0 radical (unpaired) electrons. The summed E-state index contributed by atoms with van der Waals surface area (Å²) in [7, 11) is 0. The van der Waals surface area contributed by atoms with E-state index in [-0.39, 0.29) is 13.0 Å². The lowest BCUT2D eigenvalue weighted by molar-refractivity contribution is -0.129. The number of hydrogen-bond donors (Lipinski definition) is 1. The molecule has 2 N–H and O–H groups in total. The number of alkyl halides is 3. The SMILES string of the molecule is NCCC(Sc1nnc(C2CC2)n1C1CC1)C(F)(F)F. The third kappa shape index (κ3) is 2.95. The van der Waals surface area contributed by atoms with Gasteiger partial charge in [0.15, 0.2) is 5.16 Å². The Morgan fingerprint density at radius 1 is 1.25 bits per heavy atom. The number of halogens is 3. The van der Waals surface area contributed by atoms with Crippen molar-refractivity contribution in [1.82, 2.24) is 14.8 Å². The van der Waals surface area contributed by atoms with Gasteiger partial charge in [0.2, 0.25) is 0 Å². The van der Waals surface area contributed by atoms with E-state index in [1.807, 2.05) is 4.57 Å². The summed E-state index contributed by atoms with van der Waals surface area (Å²) >= 11 is 0.766. The summed E-state index contributed by atoms with van der Waals surface area (Å²) in [5.74, 6) is 1.28. The van der Waals surface area contributed by atoms with Crippen molar-refractivity contribution in [3.05, 3.63) is 5.82 Å². The molecule has 20 heavy (non-hydrogen) atoms. The zero-order chi connectivity index (χ0) is 14.3. The minimum absolute atomic E-state index is 0.0181. The van der Waals surface area contributed by atoms with E-state index in [1.54, 1.807) is 0 Å². The molecule has 2 aliphatic carbocycles. The van der Waals surface area contributed by atoms with Crippen LogP contribution in [0.3, 0.4) is 0 Å². The lowest BCUT2D eigenvalue weighted by atomic mass is 10.3. The largest absolute Gasteiger partial charge is 0.401 e. The first-order valence-electron chi connectivity index (χ1n) is 6.89. The molecule has 2 aliphatic rings. The van der Waals surface area contributed by atoms with Crippen molar-refractivity contribution < 1.29 is 13.2 Å². The molecule has 112 valence electrons. The second kappa shape index (κ2) is 5.22. The smallest absolute Gasteiger partial charge is 0.330 e. The molecule has 1 heterocycles. The number of thioether (sulfide) groups is 1. The topological polar surface area (TPSA) is 56.7 Å². The van der Waals surface area contributed by atoms with Crippen molar-refractivity contribution >= 4 is 11.8 Å². The number of aromatic nitrogens is 3. The molecule has 2 saturated carbocycles. The maximum Gasteiger partial charge on any atom is 0.401 e. The van der Waals surface area contributed by atoms with E-state index < -0.39 is 11.4 Å². The summed E-state index contributed by atoms with van der Waals surface area (Å²) in [4.78, 5) is 0. The fourth-order valence-electron chi connectivity index (χ4n) is 2.23. The van der Waals surface area contributed by atoms with E-state index in [0.29, 0.717) is 17.1 Å². The van der Waals surface area contributed by atoms with Crippen LogP contribution in [-0.2, 0) is 0 Å².